The van der Waals surface area contributed by atoms with E-state index in [1.54, 1.807) is 0 Å². The summed E-state index contributed by atoms with van der Waals surface area (Å²) in [5.41, 5.74) is 1.34. The Hall–Kier alpha value is -0.120. The molecule has 0 spiro atoms. The van der Waals surface area contributed by atoms with E-state index >= 15 is 0 Å². The lowest BCUT2D eigenvalue weighted by atomic mass is 10.1. The molecule has 0 aromatic carbocycles. The van der Waals surface area contributed by atoms with Crippen LogP contribution in [0.25, 0.3) is 0 Å². The highest BCUT2D eigenvalue weighted by atomic mass is 79.9. The maximum Gasteiger partial charge on any atom is 0.106 e. The first-order chi connectivity index (χ1) is 5.86. The zero-order valence-corrected chi connectivity index (χ0v) is 9.57. The first-order valence-corrected chi connectivity index (χ1v) is 5.00. The maximum atomic E-state index is 4.10. The summed E-state index contributed by atoms with van der Waals surface area (Å²) in [7, 11) is 0. The number of nitrogens with zero attached hydrogens (tertiary/aromatic N) is 1. The van der Waals surface area contributed by atoms with Crippen molar-refractivity contribution in [2.24, 2.45) is 0 Å². The number of rotatable bonds is 1. The van der Waals surface area contributed by atoms with Gasteiger partial charge in [0.25, 0.3) is 0 Å². The van der Waals surface area contributed by atoms with Crippen LogP contribution < -0.4 is 5.32 Å². The molecule has 1 fully saturated rings. The predicted molar refractivity (Wildman–Crippen MR) is 59.2 cm³/mol. The molecule has 2 rings (SSSR count). The maximum absolute atomic E-state index is 4.10. The molecule has 1 aromatic rings. The van der Waals surface area contributed by atoms with Gasteiger partial charge in [0.1, 0.15) is 4.60 Å². The summed E-state index contributed by atoms with van der Waals surface area (Å²) < 4.78 is 0.925. The molecular weight excluding hydrogens is 251 g/mol. The van der Waals surface area contributed by atoms with Crippen molar-refractivity contribution in [2.45, 2.75) is 18.9 Å². The number of hydrogen-bond acceptors (Lipinski definition) is 2. The molecule has 1 N–H and O–H groups in total. The van der Waals surface area contributed by atoms with Gasteiger partial charge in [0, 0.05) is 12.2 Å². The summed E-state index contributed by atoms with van der Waals surface area (Å²) in [4.78, 5) is 4.10. The summed E-state index contributed by atoms with van der Waals surface area (Å²) >= 11 is 3.37. The molecule has 0 unspecified atom stereocenters. The molecule has 1 atom stereocenters. The molecule has 2 heterocycles. The van der Waals surface area contributed by atoms with Gasteiger partial charge >= 0.3 is 0 Å². The Morgan fingerprint density at radius 2 is 2.38 bits per heavy atom. The Kier molecular flexibility index (Phi) is 4.16. The van der Waals surface area contributed by atoms with Crippen LogP contribution >= 0.6 is 28.3 Å². The number of hydrogen-bond donors (Lipinski definition) is 1. The molecule has 0 bridgehead atoms. The molecule has 1 aliphatic rings. The van der Waals surface area contributed by atoms with E-state index < -0.39 is 0 Å². The molecular formula is C9H12BrClN2. The summed E-state index contributed by atoms with van der Waals surface area (Å²) in [5.74, 6) is 0. The van der Waals surface area contributed by atoms with Gasteiger partial charge in [0.15, 0.2) is 0 Å². The second-order valence-electron chi connectivity index (χ2n) is 3.06. The fourth-order valence-corrected chi connectivity index (χ4v) is 1.99. The van der Waals surface area contributed by atoms with E-state index in [1.807, 2.05) is 6.20 Å². The summed E-state index contributed by atoms with van der Waals surface area (Å²) in [6.07, 6.45) is 4.38. The average molecular weight is 264 g/mol. The first-order valence-electron chi connectivity index (χ1n) is 4.21. The summed E-state index contributed by atoms with van der Waals surface area (Å²) in [6.45, 7) is 1.14. The Balaban J connectivity index is 0.000000845. The molecule has 0 saturated carbocycles. The van der Waals surface area contributed by atoms with Crippen molar-refractivity contribution in [3.05, 3.63) is 28.5 Å². The minimum absolute atomic E-state index is 0. The number of pyridine rings is 1. The van der Waals surface area contributed by atoms with E-state index in [-0.39, 0.29) is 12.4 Å². The summed E-state index contributed by atoms with van der Waals surface area (Å²) in [5, 5.41) is 3.45. The fourth-order valence-electron chi connectivity index (χ4n) is 1.60. The standard InChI is InChI=1S/C9H11BrN2.ClH/c10-9-6-7(3-5-12-9)8-2-1-4-11-8;/h3,5-6,8,11H,1-2,4H2;1H/t8-;/m0./s1. The van der Waals surface area contributed by atoms with Crippen molar-refractivity contribution >= 4 is 28.3 Å². The Morgan fingerprint density at radius 1 is 1.54 bits per heavy atom. The lowest BCUT2D eigenvalue weighted by Crippen LogP contribution is -2.12. The van der Waals surface area contributed by atoms with Gasteiger partial charge in [-0.15, -0.1) is 12.4 Å². The topological polar surface area (TPSA) is 24.9 Å². The van der Waals surface area contributed by atoms with Gasteiger partial charge in [-0.2, -0.15) is 0 Å². The smallest absolute Gasteiger partial charge is 0.106 e. The van der Waals surface area contributed by atoms with Crippen molar-refractivity contribution in [3.63, 3.8) is 0 Å². The van der Waals surface area contributed by atoms with Gasteiger partial charge in [-0.05, 0) is 53.0 Å². The van der Waals surface area contributed by atoms with E-state index in [2.05, 4.69) is 38.4 Å². The van der Waals surface area contributed by atoms with E-state index in [4.69, 9.17) is 0 Å². The first kappa shape index (κ1) is 11.0. The zero-order valence-electron chi connectivity index (χ0n) is 7.16. The van der Waals surface area contributed by atoms with E-state index in [0.717, 1.165) is 11.1 Å². The van der Waals surface area contributed by atoms with Crippen molar-refractivity contribution in [1.82, 2.24) is 10.3 Å². The van der Waals surface area contributed by atoms with Crippen molar-refractivity contribution in [2.75, 3.05) is 6.54 Å². The van der Waals surface area contributed by atoms with E-state index in [9.17, 15) is 0 Å². The Labute approximate surface area is 92.7 Å². The van der Waals surface area contributed by atoms with Crippen molar-refractivity contribution < 1.29 is 0 Å². The minimum Gasteiger partial charge on any atom is -0.310 e. The predicted octanol–water partition coefficient (Wildman–Crippen LogP) is 2.69. The van der Waals surface area contributed by atoms with Gasteiger partial charge in [-0.1, -0.05) is 0 Å². The second kappa shape index (κ2) is 4.94. The van der Waals surface area contributed by atoms with E-state index in [0.29, 0.717) is 6.04 Å². The van der Waals surface area contributed by atoms with E-state index in [1.165, 1.54) is 18.4 Å². The summed E-state index contributed by atoms with van der Waals surface area (Å²) in [6, 6.07) is 4.71. The third kappa shape index (κ3) is 2.66. The normalized spacial score (nSPS) is 21.2. The van der Waals surface area contributed by atoms with Crippen LogP contribution in [0.15, 0.2) is 22.9 Å². The fraction of sp³-hybridized carbons (Fsp3) is 0.444. The average Bonchev–Trinajstić information content (AvgIpc) is 2.56. The molecule has 0 radical (unpaired) electrons. The monoisotopic (exact) mass is 262 g/mol. The molecule has 2 nitrogen and oxygen atoms in total. The van der Waals surface area contributed by atoms with Gasteiger partial charge in [-0.25, -0.2) is 4.98 Å². The van der Waals surface area contributed by atoms with Crippen LogP contribution in [0.1, 0.15) is 24.4 Å². The minimum atomic E-state index is 0. The SMILES string of the molecule is Brc1cc([C@@H]2CCCN2)ccn1.Cl. The van der Waals surface area contributed by atoms with Crippen molar-refractivity contribution in [3.8, 4) is 0 Å². The Bertz CT molecular complexity index is 274. The molecule has 4 heteroatoms. The van der Waals surface area contributed by atoms with Gasteiger partial charge in [-0.3, -0.25) is 0 Å². The number of halogens is 2. The number of aromatic nitrogens is 1. The van der Waals surface area contributed by atoms with Crippen molar-refractivity contribution in [1.29, 1.82) is 0 Å². The van der Waals surface area contributed by atoms with Gasteiger partial charge in [0.05, 0.1) is 0 Å². The third-order valence-electron chi connectivity index (χ3n) is 2.21. The number of nitrogens with one attached hydrogen (secondary N) is 1. The largest absolute Gasteiger partial charge is 0.310 e. The van der Waals surface area contributed by atoms with Crippen LogP contribution in [0.2, 0.25) is 0 Å². The van der Waals surface area contributed by atoms with Crippen LogP contribution in [0.5, 0.6) is 0 Å². The molecule has 13 heavy (non-hydrogen) atoms. The molecule has 1 saturated heterocycles. The van der Waals surface area contributed by atoms with Crippen LogP contribution in [-0.4, -0.2) is 11.5 Å². The quantitative estimate of drug-likeness (QED) is 0.788. The Morgan fingerprint density at radius 3 is 3.00 bits per heavy atom. The molecule has 1 aliphatic heterocycles. The van der Waals surface area contributed by atoms with Crippen LogP contribution in [-0.2, 0) is 0 Å². The third-order valence-corrected chi connectivity index (χ3v) is 2.65. The lowest BCUT2D eigenvalue weighted by Gasteiger charge is -2.09. The highest BCUT2D eigenvalue weighted by Gasteiger charge is 2.15. The molecule has 72 valence electrons. The molecule has 0 amide bonds. The molecule has 1 aromatic heterocycles. The lowest BCUT2D eigenvalue weighted by molar-refractivity contribution is 0.646. The molecule has 0 aliphatic carbocycles. The zero-order chi connectivity index (χ0) is 8.39. The second-order valence-corrected chi connectivity index (χ2v) is 3.87. The van der Waals surface area contributed by atoms with Gasteiger partial charge < -0.3 is 5.32 Å². The van der Waals surface area contributed by atoms with Crippen LogP contribution in [0.4, 0.5) is 0 Å². The highest BCUT2D eigenvalue weighted by molar-refractivity contribution is 9.10. The van der Waals surface area contributed by atoms with Crippen LogP contribution in [0.3, 0.4) is 0 Å². The highest BCUT2D eigenvalue weighted by Crippen LogP contribution is 2.23. The van der Waals surface area contributed by atoms with Crippen LogP contribution in [0, 0.1) is 0 Å². The van der Waals surface area contributed by atoms with Gasteiger partial charge in [0.2, 0.25) is 0 Å².